The van der Waals surface area contributed by atoms with Gasteiger partial charge in [-0.2, -0.15) is 5.10 Å². The van der Waals surface area contributed by atoms with E-state index in [2.05, 4.69) is 5.10 Å². The Labute approximate surface area is 111 Å². The number of anilines is 1. The van der Waals surface area contributed by atoms with Crippen molar-refractivity contribution in [1.82, 2.24) is 9.78 Å². The highest BCUT2D eigenvalue weighted by molar-refractivity contribution is 7.92. The number of sulfonamides is 1. The molecule has 1 aromatic carbocycles. The van der Waals surface area contributed by atoms with Gasteiger partial charge >= 0.3 is 0 Å². The summed E-state index contributed by atoms with van der Waals surface area (Å²) in [5.74, 6) is 0.584. The molecule has 2 aromatic rings. The third-order valence-electron chi connectivity index (χ3n) is 2.96. The minimum Gasteiger partial charge on any atom is -0.489 e. The second-order valence-electron chi connectivity index (χ2n) is 4.24. The quantitative estimate of drug-likeness (QED) is 0.823. The molecule has 7 heteroatoms. The van der Waals surface area contributed by atoms with Crippen LogP contribution in [0.4, 0.5) is 5.69 Å². The molecule has 19 heavy (non-hydrogen) atoms. The van der Waals surface area contributed by atoms with Crippen LogP contribution in [0.2, 0.25) is 0 Å². The first-order chi connectivity index (χ1) is 9.09. The zero-order valence-corrected chi connectivity index (χ0v) is 11.2. The van der Waals surface area contributed by atoms with Crippen molar-refractivity contribution < 1.29 is 13.2 Å². The van der Waals surface area contributed by atoms with E-state index < -0.39 is 10.0 Å². The van der Waals surface area contributed by atoms with Gasteiger partial charge in [-0.15, -0.1) is 0 Å². The normalized spacial score (nSPS) is 14.9. The Bertz CT molecular complexity index is 709. The number of ether oxygens (including phenoxy) is 1. The minimum absolute atomic E-state index is 0.187. The van der Waals surface area contributed by atoms with E-state index in [9.17, 15) is 8.42 Å². The summed E-state index contributed by atoms with van der Waals surface area (Å²) in [6, 6.07) is 7.11. The van der Waals surface area contributed by atoms with Crippen LogP contribution in [0.25, 0.3) is 0 Å². The summed E-state index contributed by atoms with van der Waals surface area (Å²) in [6.07, 6.45) is 2.85. The second kappa shape index (κ2) is 4.27. The average molecular weight is 279 g/mol. The predicted molar refractivity (Wildman–Crippen MR) is 69.7 cm³/mol. The molecule has 0 radical (unpaired) electrons. The predicted octanol–water partition coefficient (Wildman–Crippen LogP) is 1.01. The van der Waals surface area contributed by atoms with Crippen molar-refractivity contribution in [1.29, 1.82) is 0 Å². The highest BCUT2D eigenvalue weighted by Crippen LogP contribution is 2.34. The Morgan fingerprint density at radius 2 is 2.11 bits per heavy atom. The van der Waals surface area contributed by atoms with Crippen molar-refractivity contribution in [2.24, 2.45) is 7.05 Å². The standard InChI is InChI=1S/C12H13N3O3S/c1-14-9-10(8-13-14)19(16,17)15-6-7-18-12-5-3-2-4-11(12)15/h2-5,8-9H,6-7H2,1H3. The minimum atomic E-state index is -3.58. The zero-order valence-electron chi connectivity index (χ0n) is 10.4. The highest BCUT2D eigenvalue weighted by atomic mass is 32.2. The maximum Gasteiger partial charge on any atom is 0.267 e. The molecule has 0 bridgehead atoms. The van der Waals surface area contributed by atoms with Crippen LogP contribution in [-0.2, 0) is 17.1 Å². The lowest BCUT2D eigenvalue weighted by atomic mass is 10.2. The number of fused-ring (bicyclic) bond motifs is 1. The molecule has 0 fully saturated rings. The summed E-state index contributed by atoms with van der Waals surface area (Å²) in [7, 11) is -1.90. The molecule has 0 spiro atoms. The van der Waals surface area contributed by atoms with Crippen molar-refractivity contribution in [2.75, 3.05) is 17.5 Å². The fourth-order valence-electron chi connectivity index (χ4n) is 2.05. The molecule has 0 saturated carbocycles. The largest absolute Gasteiger partial charge is 0.489 e. The number of aromatic nitrogens is 2. The lowest BCUT2D eigenvalue weighted by Gasteiger charge is -2.29. The molecule has 1 aliphatic heterocycles. The molecule has 100 valence electrons. The summed E-state index contributed by atoms with van der Waals surface area (Å²) in [5.41, 5.74) is 0.567. The summed E-state index contributed by atoms with van der Waals surface area (Å²) < 4.78 is 33.5. The van der Waals surface area contributed by atoms with Crippen LogP contribution in [0, 0.1) is 0 Å². The SMILES string of the molecule is Cn1cc(S(=O)(=O)N2CCOc3ccccc32)cn1. The number of hydrogen-bond acceptors (Lipinski definition) is 4. The highest BCUT2D eigenvalue weighted by Gasteiger charge is 2.30. The van der Waals surface area contributed by atoms with Crippen LogP contribution in [-0.4, -0.2) is 31.3 Å². The molecule has 1 aromatic heterocycles. The van der Waals surface area contributed by atoms with Crippen molar-refractivity contribution >= 4 is 15.7 Å². The Balaban J connectivity index is 2.08. The zero-order chi connectivity index (χ0) is 13.5. The van der Waals surface area contributed by atoms with Crippen LogP contribution < -0.4 is 9.04 Å². The molecule has 0 amide bonds. The van der Waals surface area contributed by atoms with Crippen molar-refractivity contribution in [3.63, 3.8) is 0 Å². The Morgan fingerprint density at radius 1 is 1.32 bits per heavy atom. The van der Waals surface area contributed by atoms with Crippen LogP contribution in [0.5, 0.6) is 5.75 Å². The van der Waals surface area contributed by atoms with E-state index in [4.69, 9.17) is 4.74 Å². The first-order valence-electron chi connectivity index (χ1n) is 5.82. The van der Waals surface area contributed by atoms with Gasteiger partial charge in [0.2, 0.25) is 0 Å². The van der Waals surface area contributed by atoms with Crippen molar-refractivity contribution in [3.05, 3.63) is 36.7 Å². The third kappa shape index (κ3) is 1.95. The fourth-order valence-corrected chi connectivity index (χ4v) is 3.50. The Kier molecular flexibility index (Phi) is 2.70. The van der Waals surface area contributed by atoms with Gasteiger partial charge in [-0.1, -0.05) is 12.1 Å². The van der Waals surface area contributed by atoms with Crippen LogP contribution >= 0.6 is 0 Å². The molecule has 6 nitrogen and oxygen atoms in total. The summed E-state index contributed by atoms with van der Waals surface area (Å²) in [4.78, 5) is 0.187. The van der Waals surface area contributed by atoms with Gasteiger partial charge in [0.05, 0.1) is 18.4 Å². The van der Waals surface area contributed by atoms with Crippen LogP contribution in [0.15, 0.2) is 41.6 Å². The molecule has 3 rings (SSSR count). The monoisotopic (exact) mass is 279 g/mol. The van der Waals surface area contributed by atoms with E-state index in [0.717, 1.165) is 0 Å². The van der Waals surface area contributed by atoms with Gasteiger partial charge in [0.15, 0.2) is 0 Å². The lowest BCUT2D eigenvalue weighted by molar-refractivity contribution is 0.316. The molecule has 0 saturated heterocycles. The van der Waals surface area contributed by atoms with Gasteiger partial charge in [-0.3, -0.25) is 8.99 Å². The van der Waals surface area contributed by atoms with E-state index in [-0.39, 0.29) is 4.90 Å². The molecular formula is C12H13N3O3S. The van der Waals surface area contributed by atoms with Gasteiger partial charge in [0.1, 0.15) is 17.3 Å². The number of para-hydroxylation sites is 2. The van der Waals surface area contributed by atoms with E-state index >= 15 is 0 Å². The van der Waals surface area contributed by atoms with Gasteiger partial charge in [0.25, 0.3) is 10.0 Å². The molecule has 0 aliphatic carbocycles. The Hall–Kier alpha value is -2.02. The third-order valence-corrected chi connectivity index (χ3v) is 4.72. The van der Waals surface area contributed by atoms with E-state index in [1.807, 2.05) is 6.07 Å². The van der Waals surface area contributed by atoms with Crippen LogP contribution in [0.3, 0.4) is 0 Å². The molecule has 2 heterocycles. The molecule has 0 unspecified atom stereocenters. The number of hydrogen-bond donors (Lipinski definition) is 0. The maximum atomic E-state index is 12.6. The molecular weight excluding hydrogens is 266 g/mol. The number of nitrogens with zero attached hydrogens (tertiary/aromatic N) is 3. The smallest absolute Gasteiger partial charge is 0.267 e. The summed E-state index contributed by atoms with van der Waals surface area (Å²) in [6.45, 7) is 0.644. The topological polar surface area (TPSA) is 64.4 Å². The van der Waals surface area contributed by atoms with Crippen molar-refractivity contribution in [3.8, 4) is 5.75 Å². The number of rotatable bonds is 2. The van der Waals surface area contributed by atoms with E-state index in [0.29, 0.717) is 24.6 Å². The van der Waals surface area contributed by atoms with Gasteiger partial charge in [-0.25, -0.2) is 8.42 Å². The molecule has 0 N–H and O–H groups in total. The van der Waals surface area contributed by atoms with Gasteiger partial charge in [0, 0.05) is 13.2 Å². The fraction of sp³-hybridized carbons (Fsp3) is 0.250. The van der Waals surface area contributed by atoms with Gasteiger partial charge < -0.3 is 4.74 Å². The summed E-state index contributed by atoms with van der Waals surface area (Å²) in [5, 5.41) is 3.91. The lowest BCUT2D eigenvalue weighted by Crippen LogP contribution is -2.37. The maximum absolute atomic E-state index is 12.6. The molecule has 0 atom stereocenters. The molecule has 1 aliphatic rings. The first-order valence-corrected chi connectivity index (χ1v) is 7.26. The van der Waals surface area contributed by atoms with E-state index in [1.54, 1.807) is 25.2 Å². The van der Waals surface area contributed by atoms with Gasteiger partial charge in [-0.05, 0) is 12.1 Å². The van der Waals surface area contributed by atoms with Crippen molar-refractivity contribution in [2.45, 2.75) is 4.90 Å². The second-order valence-corrected chi connectivity index (χ2v) is 6.11. The first kappa shape index (κ1) is 12.0. The number of aryl methyl sites for hydroxylation is 1. The number of benzene rings is 1. The van der Waals surface area contributed by atoms with E-state index in [1.165, 1.54) is 21.4 Å². The average Bonchev–Trinajstić information content (AvgIpc) is 2.85. The summed E-state index contributed by atoms with van der Waals surface area (Å²) >= 11 is 0. The van der Waals surface area contributed by atoms with Crippen LogP contribution in [0.1, 0.15) is 0 Å². The Morgan fingerprint density at radius 3 is 2.84 bits per heavy atom.